The Bertz CT molecular complexity index is 643. The van der Waals surface area contributed by atoms with Gasteiger partial charge in [-0.2, -0.15) is 0 Å². The largest absolute Gasteiger partial charge is 0.354 e. The number of carbonyl (C=O) groups is 2. The minimum Gasteiger partial charge on any atom is -0.354 e. The van der Waals surface area contributed by atoms with Crippen molar-refractivity contribution in [3.05, 3.63) is 47.5 Å². The molecule has 1 heterocycles. The number of hydrogen-bond acceptors (Lipinski definition) is 3. The monoisotopic (exact) mass is 374 g/mol. The van der Waals surface area contributed by atoms with Crippen molar-refractivity contribution in [2.75, 3.05) is 18.2 Å². The third-order valence-corrected chi connectivity index (χ3v) is 5.83. The van der Waals surface area contributed by atoms with Gasteiger partial charge in [0.1, 0.15) is 6.04 Å². The molecule has 1 aromatic rings. The fourth-order valence-electron chi connectivity index (χ4n) is 3.25. The van der Waals surface area contributed by atoms with Gasteiger partial charge >= 0.3 is 0 Å². The predicted molar refractivity (Wildman–Crippen MR) is 109 cm³/mol. The Morgan fingerprint density at radius 2 is 2.00 bits per heavy atom. The Labute approximate surface area is 161 Å². The van der Waals surface area contributed by atoms with Crippen LogP contribution in [0.2, 0.25) is 0 Å². The van der Waals surface area contributed by atoms with Gasteiger partial charge in [-0.25, -0.2) is 0 Å². The SMILES string of the molecule is CC/C=C(/C)C(=O)N1CSCC1C(=O)NCC(c1ccccc1)C(C)C. The molecule has 0 spiro atoms. The molecule has 2 atom stereocenters. The molecule has 0 aromatic heterocycles. The van der Waals surface area contributed by atoms with Crippen molar-refractivity contribution in [2.45, 2.75) is 46.1 Å². The zero-order chi connectivity index (χ0) is 19.1. The molecule has 1 fully saturated rings. The smallest absolute Gasteiger partial charge is 0.250 e. The topological polar surface area (TPSA) is 49.4 Å². The third-order valence-electron chi connectivity index (χ3n) is 4.82. The molecular formula is C21H30N2O2S. The lowest BCUT2D eigenvalue weighted by Gasteiger charge is -2.26. The molecule has 2 unspecified atom stereocenters. The molecule has 1 aliphatic rings. The van der Waals surface area contributed by atoms with Crippen molar-refractivity contribution in [1.82, 2.24) is 10.2 Å². The Morgan fingerprint density at radius 3 is 2.62 bits per heavy atom. The molecule has 0 bridgehead atoms. The molecule has 142 valence electrons. The first-order valence-electron chi connectivity index (χ1n) is 9.33. The Kier molecular flexibility index (Phi) is 7.76. The van der Waals surface area contributed by atoms with Crippen molar-refractivity contribution in [3.63, 3.8) is 0 Å². The molecule has 2 amide bonds. The molecule has 2 rings (SSSR count). The normalized spacial score (nSPS) is 18.9. The summed E-state index contributed by atoms with van der Waals surface area (Å²) in [5.74, 6) is 1.85. The van der Waals surface area contributed by atoms with E-state index < -0.39 is 0 Å². The van der Waals surface area contributed by atoms with E-state index >= 15 is 0 Å². The molecule has 0 saturated carbocycles. The molecule has 26 heavy (non-hydrogen) atoms. The average Bonchev–Trinajstić information content (AvgIpc) is 3.11. The average molecular weight is 375 g/mol. The van der Waals surface area contributed by atoms with Gasteiger partial charge in [-0.1, -0.05) is 57.2 Å². The van der Waals surface area contributed by atoms with Gasteiger partial charge in [0.05, 0.1) is 5.88 Å². The second kappa shape index (κ2) is 9.81. The number of rotatable bonds is 7. The highest BCUT2D eigenvalue weighted by Crippen LogP contribution is 2.25. The van der Waals surface area contributed by atoms with Crippen LogP contribution < -0.4 is 5.32 Å². The number of amides is 2. The number of carbonyl (C=O) groups excluding carboxylic acids is 2. The van der Waals surface area contributed by atoms with Crippen LogP contribution in [-0.2, 0) is 9.59 Å². The van der Waals surface area contributed by atoms with E-state index in [0.29, 0.717) is 24.1 Å². The molecule has 1 aromatic carbocycles. The molecule has 5 heteroatoms. The third kappa shape index (κ3) is 5.13. The van der Waals surface area contributed by atoms with Gasteiger partial charge in [-0.15, -0.1) is 11.8 Å². The van der Waals surface area contributed by atoms with Gasteiger partial charge in [-0.3, -0.25) is 9.59 Å². The lowest BCUT2D eigenvalue weighted by molar-refractivity contribution is -0.135. The zero-order valence-corrected chi connectivity index (χ0v) is 17.0. The first-order valence-corrected chi connectivity index (χ1v) is 10.5. The molecule has 0 radical (unpaired) electrons. The van der Waals surface area contributed by atoms with E-state index in [-0.39, 0.29) is 23.8 Å². The standard InChI is InChI=1S/C21H30N2O2S/c1-5-9-16(4)21(25)23-14-26-13-19(23)20(24)22-12-18(15(2)3)17-10-7-6-8-11-17/h6-11,15,18-19H,5,12-14H2,1-4H3,(H,22,24)/b16-9-. The van der Waals surface area contributed by atoms with Crippen LogP contribution in [0.3, 0.4) is 0 Å². The van der Waals surface area contributed by atoms with E-state index in [0.717, 1.165) is 12.0 Å². The van der Waals surface area contributed by atoms with Crippen molar-refractivity contribution in [2.24, 2.45) is 5.92 Å². The number of thioether (sulfide) groups is 1. The minimum atomic E-state index is -0.378. The summed E-state index contributed by atoms with van der Waals surface area (Å²) in [6, 6.07) is 9.90. The van der Waals surface area contributed by atoms with Gasteiger partial charge in [0.25, 0.3) is 5.91 Å². The lowest BCUT2D eigenvalue weighted by atomic mass is 9.88. The van der Waals surface area contributed by atoms with E-state index in [1.165, 1.54) is 5.56 Å². The van der Waals surface area contributed by atoms with Crippen LogP contribution in [0, 0.1) is 5.92 Å². The number of allylic oxidation sites excluding steroid dienone is 1. The summed E-state index contributed by atoms with van der Waals surface area (Å²) in [7, 11) is 0. The van der Waals surface area contributed by atoms with Crippen molar-refractivity contribution >= 4 is 23.6 Å². The summed E-state index contributed by atoms with van der Waals surface area (Å²) >= 11 is 1.64. The number of benzene rings is 1. The zero-order valence-electron chi connectivity index (χ0n) is 16.2. The van der Waals surface area contributed by atoms with E-state index in [1.54, 1.807) is 16.7 Å². The van der Waals surface area contributed by atoms with Crippen molar-refractivity contribution in [3.8, 4) is 0 Å². The Balaban J connectivity index is 2.01. The summed E-state index contributed by atoms with van der Waals surface area (Å²) < 4.78 is 0. The van der Waals surface area contributed by atoms with E-state index in [2.05, 4.69) is 31.3 Å². The van der Waals surface area contributed by atoms with Gasteiger partial charge in [0.15, 0.2) is 0 Å². The molecule has 0 aliphatic carbocycles. The molecule has 1 aliphatic heterocycles. The van der Waals surface area contributed by atoms with Crippen LogP contribution in [0.1, 0.15) is 45.6 Å². The number of nitrogens with zero attached hydrogens (tertiary/aromatic N) is 1. The van der Waals surface area contributed by atoms with Crippen LogP contribution in [0.15, 0.2) is 42.0 Å². The van der Waals surface area contributed by atoms with Gasteiger partial charge in [0, 0.05) is 23.8 Å². The van der Waals surface area contributed by atoms with Gasteiger partial charge in [-0.05, 0) is 24.8 Å². The van der Waals surface area contributed by atoms with E-state index in [1.807, 2.05) is 38.1 Å². The summed E-state index contributed by atoms with van der Waals surface area (Å²) in [6.45, 7) is 8.77. The first kappa shape index (κ1) is 20.6. The van der Waals surface area contributed by atoms with Crippen LogP contribution in [-0.4, -0.2) is 40.9 Å². The maximum absolute atomic E-state index is 12.8. The fraction of sp³-hybridized carbons (Fsp3) is 0.524. The highest BCUT2D eigenvalue weighted by atomic mass is 32.2. The first-order chi connectivity index (χ1) is 12.5. The molecule has 1 saturated heterocycles. The van der Waals surface area contributed by atoms with Crippen LogP contribution >= 0.6 is 11.8 Å². The van der Waals surface area contributed by atoms with Crippen molar-refractivity contribution in [1.29, 1.82) is 0 Å². The summed E-state index contributed by atoms with van der Waals surface area (Å²) in [5.41, 5.74) is 1.95. The second-order valence-corrected chi connectivity index (χ2v) is 8.09. The van der Waals surface area contributed by atoms with Crippen LogP contribution in [0.25, 0.3) is 0 Å². The summed E-state index contributed by atoms with van der Waals surface area (Å²) in [5, 5.41) is 3.09. The molecular weight excluding hydrogens is 344 g/mol. The maximum Gasteiger partial charge on any atom is 0.250 e. The molecule has 4 nitrogen and oxygen atoms in total. The maximum atomic E-state index is 12.8. The highest BCUT2D eigenvalue weighted by molar-refractivity contribution is 7.99. The van der Waals surface area contributed by atoms with E-state index in [9.17, 15) is 9.59 Å². The number of nitrogens with one attached hydrogen (secondary N) is 1. The highest BCUT2D eigenvalue weighted by Gasteiger charge is 2.35. The molecule has 1 N–H and O–H groups in total. The van der Waals surface area contributed by atoms with Gasteiger partial charge < -0.3 is 10.2 Å². The van der Waals surface area contributed by atoms with Crippen LogP contribution in [0.5, 0.6) is 0 Å². The van der Waals surface area contributed by atoms with Gasteiger partial charge in [0.2, 0.25) is 5.91 Å². The van der Waals surface area contributed by atoms with Crippen LogP contribution in [0.4, 0.5) is 0 Å². The summed E-state index contributed by atoms with van der Waals surface area (Å²) in [4.78, 5) is 27.0. The van der Waals surface area contributed by atoms with Crippen molar-refractivity contribution < 1.29 is 9.59 Å². The number of hydrogen-bond donors (Lipinski definition) is 1. The summed E-state index contributed by atoms with van der Waals surface area (Å²) in [6.07, 6.45) is 2.74. The predicted octanol–water partition coefficient (Wildman–Crippen LogP) is 3.80. The second-order valence-electron chi connectivity index (χ2n) is 7.09. The minimum absolute atomic E-state index is 0.0273. The quantitative estimate of drug-likeness (QED) is 0.739. The van der Waals surface area contributed by atoms with E-state index in [4.69, 9.17) is 0 Å². The fourth-order valence-corrected chi connectivity index (χ4v) is 4.40. The Hall–Kier alpha value is -1.75. The Morgan fingerprint density at radius 1 is 1.31 bits per heavy atom. The lowest BCUT2D eigenvalue weighted by Crippen LogP contribution is -2.48.